The van der Waals surface area contributed by atoms with Crippen molar-refractivity contribution in [3.05, 3.63) is 54.1 Å². The molecule has 0 atom stereocenters. The van der Waals surface area contributed by atoms with Crippen LogP contribution in [0, 0.1) is 0 Å². The Balaban J connectivity index is 2.31. The molecule has 0 aliphatic rings. The first-order chi connectivity index (χ1) is 8.18. The van der Waals surface area contributed by atoms with E-state index in [-0.39, 0.29) is 16.9 Å². The van der Waals surface area contributed by atoms with Crippen LogP contribution in [-0.4, -0.2) is 23.0 Å². The van der Waals surface area contributed by atoms with Crippen LogP contribution in [0.15, 0.2) is 42.7 Å². The second-order valence-corrected chi connectivity index (χ2v) is 3.43. The molecule has 0 aliphatic heterocycles. The van der Waals surface area contributed by atoms with E-state index in [0.717, 1.165) is 6.08 Å². The molecule has 0 bridgehead atoms. The van der Waals surface area contributed by atoms with Crippen LogP contribution in [0.3, 0.4) is 0 Å². The molecule has 0 unspecified atom stereocenters. The number of hydrogen-bond acceptors (Lipinski definition) is 1. The minimum absolute atomic E-state index is 0.250. The number of aromatic amines is 2. The summed E-state index contributed by atoms with van der Waals surface area (Å²) >= 11 is 0. The van der Waals surface area contributed by atoms with E-state index < -0.39 is 13.1 Å². The van der Waals surface area contributed by atoms with Crippen LogP contribution < -0.4 is 0 Å². The number of hydrogen-bond donors (Lipinski definition) is 2. The first-order valence-electron chi connectivity index (χ1n) is 4.99. The maximum absolute atomic E-state index is 12.8. The van der Waals surface area contributed by atoms with Crippen LogP contribution in [-0.2, 0) is 0 Å². The summed E-state index contributed by atoms with van der Waals surface area (Å²) in [5.41, 5.74) is 0.226. The van der Waals surface area contributed by atoms with E-state index >= 15 is 0 Å². The summed E-state index contributed by atoms with van der Waals surface area (Å²) in [4.78, 5) is 17.0. The molecule has 0 amide bonds. The molecule has 0 saturated carbocycles. The van der Waals surface area contributed by atoms with E-state index in [1.54, 1.807) is 18.3 Å². The summed E-state index contributed by atoms with van der Waals surface area (Å²) < 4.78 is 25.6. The monoisotopic (exact) mass is 234 g/mol. The predicted octanol–water partition coefficient (Wildman–Crippen LogP) is 2.58. The molecule has 2 aromatic heterocycles. The first-order valence-corrected chi connectivity index (χ1v) is 4.99. The van der Waals surface area contributed by atoms with Crippen LogP contribution in [0.25, 0.3) is 5.47 Å². The highest BCUT2D eigenvalue weighted by atomic mass is 19.2. The summed E-state index contributed by atoms with van der Waals surface area (Å²) in [6.07, 6.45) is 4.05. The molecule has 3 nitrogen and oxygen atoms in total. The Bertz CT molecular complexity index is 518. The first kappa shape index (κ1) is 11.4. The largest absolute Gasteiger partial charge is 0.574 e. The number of nitrogens with one attached hydrogen (secondary N) is 2. The molecule has 0 aromatic carbocycles. The van der Waals surface area contributed by atoms with Crippen LogP contribution >= 0.6 is 0 Å². The number of carbonyl (C=O) groups is 1. The molecule has 17 heavy (non-hydrogen) atoms. The van der Waals surface area contributed by atoms with Crippen molar-refractivity contribution in [2.45, 2.75) is 0 Å². The minimum Gasteiger partial charge on any atom is -0.362 e. The summed E-state index contributed by atoms with van der Waals surface area (Å²) in [6, 6.07) is 6.28. The van der Waals surface area contributed by atoms with Gasteiger partial charge in [-0.15, -0.1) is 0 Å². The zero-order valence-corrected chi connectivity index (χ0v) is 8.78. The summed E-state index contributed by atoms with van der Waals surface area (Å²) in [5.74, 6) is -0.472. The normalized spacial score (nSPS) is 11.5. The Morgan fingerprint density at radius 1 is 1.12 bits per heavy atom. The highest BCUT2D eigenvalue weighted by Gasteiger charge is 2.23. The zero-order valence-electron chi connectivity index (χ0n) is 8.78. The van der Waals surface area contributed by atoms with E-state index in [2.05, 4.69) is 9.97 Å². The molecular weight excluding hydrogens is 225 g/mol. The van der Waals surface area contributed by atoms with Crippen LogP contribution in [0.1, 0.15) is 16.2 Å². The van der Waals surface area contributed by atoms with Gasteiger partial charge in [-0.05, 0) is 30.3 Å². The molecule has 0 fully saturated rings. The Kier molecular flexibility index (Phi) is 3.23. The fraction of sp³-hybridized carbons (Fsp3) is 0. The molecule has 2 rings (SSSR count). The van der Waals surface area contributed by atoms with Crippen molar-refractivity contribution in [2.75, 3.05) is 0 Å². The van der Waals surface area contributed by atoms with Gasteiger partial charge in [-0.1, -0.05) is 0 Å². The molecule has 2 N–H and O–H groups in total. The van der Waals surface area contributed by atoms with Crippen LogP contribution in [0.2, 0.25) is 0 Å². The van der Waals surface area contributed by atoms with E-state index in [0.29, 0.717) is 0 Å². The summed E-state index contributed by atoms with van der Waals surface area (Å²) in [6.45, 7) is 0. The van der Waals surface area contributed by atoms with Gasteiger partial charge in [-0.2, -0.15) is 0 Å². The van der Waals surface area contributed by atoms with Crippen molar-refractivity contribution in [2.24, 2.45) is 0 Å². The van der Waals surface area contributed by atoms with E-state index in [1.807, 2.05) is 0 Å². The molecule has 2 heterocycles. The van der Waals surface area contributed by atoms with Gasteiger partial charge in [-0.3, -0.25) is 13.4 Å². The molecule has 0 radical (unpaired) electrons. The van der Waals surface area contributed by atoms with Gasteiger partial charge < -0.3 is 9.97 Å². The highest BCUT2D eigenvalue weighted by molar-refractivity contribution is 6.67. The van der Waals surface area contributed by atoms with Crippen molar-refractivity contribution in [3.63, 3.8) is 0 Å². The lowest BCUT2D eigenvalue weighted by Crippen LogP contribution is -2.06. The quantitative estimate of drug-likeness (QED) is 0.476. The number of halogens is 2. The van der Waals surface area contributed by atoms with Gasteiger partial charge in [0.25, 0.3) is 0 Å². The summed E-state index contributed by atoms with van der Waals surface area (Å²) in [7, 11) is -2.70. The molecule has 0 spiro atoms. The fourth-order valence-electron chi connectivity index (χ4n) is 1.47. The maximum atomic E-state index is 12.8. The Hall–Kier alpha value is -2.11. The van der Waals surface area contributed by atoms with E-state index in [4.69, 9.17) is 0 Å². The van der Waals surface area contributed by atoms with Gasteiger partial charge >= 0.3 is 7.27 Å². The minimum atomic E-state index is -2.70. The lowest BCUT2D eigenvalue weighted by molar-refractivity contribution is 0.104. The number of H-pyrrole nitrogens is 2. The zero-order chi connectivity index (χ0) is 12.3. The second kappa shape index (κ2) is 4.82. The van der Waals surface area contributed by atoms with Gasteiger partial charge in [0.1, 0.15) is 0 Å². The molecular formula is C11H9BF2N2O. The lowest BCUT2D eigenvalue weighted by Gasteiger charge is -2.00. The van der Waals surface area contributed by atoms with Crippen molar-refractivity contribution >= 4 is 18.5 Å². The highest BCUT2D eigenvalue weighted by Crippen LogP contribution is 2.18. The molecule has 0 aliphatic carbocycles. The number of allylic oxidation sites excluding steroid dienone is 1. The molecule has 2 aromatic rings. The number of ketones is 1. The van der Waals surface area contributed by atoms with Gasteiger partial charge in [-0.25, -0.2) is 0 Å². The van der Waals surface area contributed by atoms with Crippen molar-refractivity contribution in [1.82, 2.24) is 9.97 Å². The third-order valence-corrected chi connectivity index (χ3v) is 2.29. The van der Waals surface area contributed by atoms with Crippen molar-refractivity contribution in [1.29, 1.82) is 0 Å². The second-order valence-electron chi connectivity index (χ2n) is 3.43. The Labute approximate surface area is 96.7 Å². The van der Waals surface area contributed by atoms with Gasteiger partial charge in [0.05, 0.1) is 5.69 Å². The summed E-state index contributed by atoms with van der Waals surface area (Å²) in [5, 5.41) is 0. The standard InChI is InChI=1S/C11H9BF2N2O/c13-12(14)8(9-3-1-5-15-9)7-11(17)10-4-2-6-16-10/h1-7,15-16H/b8-7-. The maximum Gasteiger partial charge on any atom is 0.574 e. The third-order valence-electron chi connectivity index (χ3n) is 2.29. The molecule has 6 heteroatoms. The fourth-order valence-corrected chi connectivity index (χ4v) is 1.47. The van der Waals surface area contributed by atoms with Gasteiger partial charge in [0, 0.05) is 23.6 Å². The predicted molar refractivity (Wildman–Crippen MR) is 61.9 cm³/mol. The van der Waals surface area contributed by atoms with Crippen molar-refractivity contribution in [3.8, 4) is 0 Å². The molecule has 0 saturated heterocycles. The van der Waals surface area contributed by atoms with Crippen LogP contribution in [0.5, 0.6) is 0 Å². The topological polar surface area (TPSA) is 48.6 Å². The number of rotatable bonds is 4. The van der Waals surface area contributed by atoms with Crippen molar-refractivity contribution < 1.29 is 13.4 Å². The number of aromatic nitrogens is 2. The van der Waals surface area contributed by atoms with Crippen LogP contribution in [0.4, 0.5) is 8.63 Å². The Morgan fingerprint density at radius 2 is 1.71 bits per heavy atom. The lowest BCUT2D eigenvalue weighted by atomic mass is 9.81. The third kappa shape index (κ3) is 2.53. The molecule has 86 valence electrons. The number of carbonyl (C=O) groups excluding carboxylic acids is 1. The average molecular weight is 234 g/mol. The van der Waals surface area contributed by atoms with Gasteiger partial charge in [0.15, 0.2) is 0 Å². The SMILES string of the molecule is O=C(/C=C(\B(F)F)c1ccc[nH]1)c1ccc[nH]1. The van der Waals surface area contributed by atoms with Gasteiger partial charge in [0.2, 0.25) is 5.78 Å². The average Bonchev–Trinajstić information content (AvgIpc) is 2.97. The van der Waals surface area contributed by atoms with E-state index in [1.165, 1.54) is 18.3 Å². The smallest absolute Gasteiger partial charge is 0.362 e. The van der Waals surface area contributed by atoms with E-state index in [9.17, 15) is 13.4 Å². The Morgan fingerprint density at radius 3 is 2.18 bits per heavy atom.